The minimum Gasteiger partial charge on any atom is -0.354 e. The van der Waals surface area contributed by atoms with Gasteiger partial charge >= 0.3 is 0 Å². The average Bonchev–Trinajstić information content (AvgIpc) is 3.01. The van der Waals surface area contributed by atoms with Crippen LogP contribution >= 0.6 is 22.7 Å². The molecule has 5 heteroatoms. The van der Waals surface area contributed by atoms with Crippen molar-refractivity contribution in [3.05, 3.63) is 44.8 Å². The summed E-state index contributed by atoms with van der Waals surface area (Å²) in [4.78, 5) is 16.4. The second-order valence-electron chi connectivity index (χ2n) is 4.56. The van der Waals surface area contributed by atoms with Gasteiger partial charge in [-0.25, -0.2) is 0 Å². The number of nitrogens with zero attached hydrogens (tertiary/aromatic N) is 1. The van der Waals surface area contributed by atoms with Crippen molar-refractivity contribution in [1.82, 2.24) is 10.2 Å². The molecule has 0 bridgehead atoms. The summed E-state index contributed by atoms with van der Waals surface area (Å²) in [5, 5.41) is 7.09. The van der Waals surface area contributed by atoms with Gasteiger partial charge in [0.05, 0.1) is 12.5 Å². The fraction of sp³-hybridized carbons (Fsp3) is 0.357. The summed E-state index contributed by atoms with van der Waals surface area (Å²) in [6, 6.07) is 8.37. The molecule has 0 fully saturated rings. The third kappa shape index (κ3) is 4.16. The summed E-state index contributed by atoms with van der Waals surface area (Å²) in [7, 11) is 4.08. The minimum absolute atomic E-state index is 0.0888. The predicted molar refractivity (Wildman–Crippen MR) is 81.8 cm³/mol. The monoisotopic (exact) mass is 294 g/mol. The molecular formula is C14H18N2OS2. The molecule has 0 aliphatic rings. The first-order valence-electron chi connectivity index (χ1n) is 6.15. The van der Waals surface area contributed by atoms with E-state index in [0.29, 0.717) is 13.0 Å². The highest BCUT2D eigenvalue weighted by molar-refractivity contribution is 7.10. The van der Waals surface area contributed by atoms with Crippen LogP contribution in [0.3, 0.4) is 0 Å². The molecule has 0 saturated carbocycles. The van der Waals surface area contributed by atoms with E-state index in [1.165, 1.54) is 4.88 Å². The topological polar surface area (TPSA) is 32.3 Å². The number of carbonyl (C=O) groups excluding carboxylic acids is 1. The van der Waals surface area contributed by atoms with Gasteiger partial charge in [-0.2, -0.15) is 0 Å². The van der Waals surface area contributed by atoms with Crippen LogP contribution in [0.1, 0.15) is 15.8 Å². The van der Waals surface area contributed by atoms with Crippen molar-refractivity contribution in [3.8, 4) is 0 Å². The standard InChI is InChI=1S/C14H18N2OS2/c1-16(2)12(13-6-4-8-19-13)10-15-14(17)9-11-5-3-7-18-11/h3-8,12H,9-10H2,1-2H3,(H,15,17)/t12-/m0/s1. The first kappa shape index (κ1) is 14.2. The van der Waals surface area contributed by atoms with Crippen molar-refractivity contribution in [3.63, 3.8) is 0 Å². The predicted octanol–water partition coefficient (Wildman–Crippen LogP) is 2.77. The number of rotatable bonds is 6. The van der Waals surface area contributed by atoms with Gasteiger partial charge in [0.2, 0.25) is 5.91 Å². The van der Waals surface area contributed by atoms with Crippen molar-refractivity contribution in [2.24, 2.45) is 0 Å². The van der Waals surface area contributed by atoms with Crippen LogP contribution in [0.15, 0.2) is 35.0 Å². The number of hydrogen-bond donors (Lipinski definition) is 1. The quantitative estimate of drug-likeness (QED) is 0.888. The Balaban J connectivity index is 1.87. The van der Waals surface area contributed by atoms with Gasteiger partial charge in [-0.15, -0.1) is 22.7 Å². The summed E-state index contributed by atoms with van der Waals surface area (Å²) in [6.07, 6.45) is 0.474. The lowest BCUT2D eigenvalue weighted by Gasteiger charge is -2.23. The summed E-state index contributed by atoms with van der Waals surface area (Å²) >= 11 is 3.35. The molecule has 3 nitrogen and oxygen atoms in total. The molecule has 0 aliphatic heterocycles. The van der Waals surface area contributed by atoms with Crippen LogP contribution in [-0.4, -0.2) is 31.4 Å². The molecule has 0 saturated heterocycles. The Hall–Kier alpha value is -1.17. The zero-order chi connectivity index (χ0) is 13.7. The van der Waals surface area contributed by atoms with Crippen LogP contribution in [0.4, 0.5) is 0 Å². The Bertz CT molecular complexity index is 492. The van der Waals surface area contributed by atoms with Crippen molar-refractivity contribution in [2.45, 2.75) is 12.5 Å². The maximum absolute atomic E-state index is 11.9. The normalized spacial score (nSPS) is 12.6. The van der Waals surface area contributed by atoms with E-state index >= 15 is 0 Å². The van der Waals surface area contributed by atoms with E-state index in [4.69, 9.17) is 0 Å². The van der Waals surface area contributed by atoms with Gasteiger partial charge in [-0.1, -0.05) is 12.1 Å². The zero-order valence-corrected chi connectivity index (χ0v) is 12.8. The number of amides is 1. The molecule has 2 rings (SSSR count). The fourth-order valence-electron chi connectivity index (χ4n) is 1.86. The average molecular weight is 294 g/mol. The van der Waals surface area contributed by atoms with Gasteiger partial charge in [0.25, 0.3) is 0 Å². The van der Waals surface area contributed by atoms with Gasteiger partial charge in [0, 0.05) is 16.3 Å². The molecule has 0 aromatic carbocycles. The Morgan fingerprint density at radius 3 is 2.58 bits per heavy atom. The van der Waals surface area contributed by atoms with E-state index in [9.17, 15) is 4.79 Å². The second kappa shape index (κ2) is 6.84. The molecule has 0 aliphatic carbocycles. The lowest BCUT2D eigenvalue weighted by molar-refractivity contribution is -0.120. The van der Waals surface area contributed by atoms with Crippen molar-refractivity contribution in [2.75, 3.05) is 20.6 Å². The van der Waals surface area contributed by atoms with Gasteiger partial charge < -0.3 is 10.2 Å². The molecule has 2 aromatic rings. The largest absolute Gasteiger partial charge is 0.354 e. The zero-order valence-electron chi connectivity index (χ0n) is 11.1. The third-order valence-electron chi connectivity index (χ3n) is 2.90. The lowest BCUT2D eigenvalue weighted by atomic mass is 10.2. The molecule has 0 radical (unpaired) electrons. The summed E-state index contributed by atoms with van der Waals surface area (Å²) in [5.74, 6) is 0.0888. The molecule has 0 unspecified atom stereocenters. The fourth-order valence-corrected chi connectivity index (χ4v) is 3.49. The molecule has 2 aromatic heterocycles. The Morgan fingerprint density at radius 1 is 1.26 bits per heavy atom. The van der Waals surface area contributed by atoms with Crippen LogP contribution in [-0.2, 0) is 11.2 Å². The molecular weight excluding hydrogens is 276 g/mol. The molecule has 2 heterocycles. The highest BCUT2D eigenvalue weighted by Gasteiger charge is 2.16. The summed E-state index contributed by atoms with van der Waals surface area (Å²) < 4.78 is 0. The number of thiophene rings is 2. The van der Waals surface area contributed by atoms with E-state index in [-0.39, 0.29) is 11.9 Å². The first-order chi connectivity index (χ1) is 9.16. The number of carbonyl (C=O) groups is 1. The summed E-state index contributed by atoms with van der Waals surface area (Å²) in [5.41, 5.74) is 0. The molecule has 0 spiro atoms. The highest BCUT2D eigenvalue weighted by atomic mass is 32.1. The van der Waals surface area contributed by atoms with Crippen LogP contribution in [0, 0.1) is 0 Å². The van der Waals surface area contributed by atoms with E-state index in [2.05, 4.69) is 21.7 Å². The van der Waals surface area contributed by atoms with Gasteiger partial charge in [-0.05, 0) is 37.0 Å². The number of nitrogens with one attached hydrogen (secondary N) is 1. The molecule has 102 valence electrons. The minimum atomic E-state index is 0.0888. The maximum Gasteiger partial charge on any atom is 0.225 e. The number of hydrogen-bond acceptors (Lipinski definition) is 4. The van der Waals surface area contributed by atoms with Crippen LogP contribution in [0.5, 0.6) is 0 Å². The van der Waals surface area contributed by atoms with Gasteiger partial charge in [0.1, 0.15) is 0 Å². The van der Waals surface area contributed by atoms with Gasteiger partial charge in [0.15, 0.2) is 0 Å². The van der Waals surface area contributed by atoms with Crippen LogP contribution < -0.4 is 5.32 Å². The highest BCUT2D eigenvalue weighted by Crippen LogP contribution is 2.22. The van der Waals surface area contributed by atoms with E-state index < -0.39 is 0 Å². The van der Waals surface area contributed by atoms with Crippen molar-refractivity contribution >= 4 is 28.6 Å². The maximum atomic E-state index is 11.9. The van der Waals surface area contributed by atoms with Crippen molar-refractivity contribution < 1.29 is 4.79 Å². The third-order valence-corrected chi connectivity index (χ3v) is 4.75. The summed E-state index contributed by atoms with van der Waals surface area (Å²) in [6.45, 7) is 0.651. The molecule has 1 N–H and O–H groups in total. The molecule has 1 amide bonds. The van der Waals surface area contributed by atoms with Crippen LogP contribution in [0.2, 0.25) is 0 Å². The van der Waals surface area contributed by atoms with Crippen LogP contribution in [0.25, 0.3) is 0 Å². The SMILES string of the molecule is CN(C)[C@@H](CNC(=O)Cc1cccs1)c1cccs1. The van der Waals surface area contributed by atoms with E-state index in [1.54, 1.807) is 22.7 Å². The van der Waals surface area contributed by atoms with E-state index in [0.717, 1.165) is 4.88 Å². The molecule has 19 heavy (non-hydrogen) atoms. The Morgan fingerprint density at radius 2 is 2.00 bits per heavy atom. The number of likely N-dealkylation sites (N-methyl/N-ethyl adjacent to an activating group) is 1. The lowest BCUT2D eigenvalue weighted by Crippen LogP contribution is -2.34. The van der Waals surface area contributed by atoms with E-state index in [1.807, 2.05) is 37.7 Å². The van der Waals surface area contributed by atoms with Crippen molar-refractivity contribution in [1.29, 1.82) is 0 Å². The Labute approximate surface area is 121 Å². The molecule has 1 atom stereocenters. The Kier molecular flexibility index (Phi) is 5.13. The second-order valence-corrected chi connectivity index (χ2v) is 6.57. The smallest absolute Gasteiger partial charge is 0.225 e. The first-order valence-corrected chi connectivity index (χ1v) is 7.91. The van der Waals surface area contributed by atoms with Gasteiger partial charge in [-0.3, -0.25) is 4.79 Å².